The number of hydrogen-bond acceptors (Lipinski definition) is 0. The van der Waals surface area contributed by atoms with E-state index in [0.717, 1.165) is 0 Å². The first-order valence-electron chi connectivity index (χ1n) is 4.40. The van der Waals surface area contributed by atoms with Crippen molar-refractivity contribution in [2.75, 3.05) is 0 Å². The molecule has 13 heavy (non-hydrogen) atoms. The van der Waals surface area contributed by atoms with E-state index in [9.17, 15) is 0 Å². The fourth-order valence-corrected chi connectivity index (χ4v) is 1.91. The predicted molar refractivity (Wildman–Crippen MR) is 54.0 cm³/mol. The van der Waals surface area contributed by atoms with Crippen LogP contribution in [0.2, 0.25) is 0 Å². The molecule has 3 heterocycles. The average molecular weight is 170 g/mol. The lowest BCUT2D eigenvalue weighted by atomic mass is 10.3. The molecular weight excluding hydrogens is 160 g/mol. The summed E-state index contributed by atoms with van der Waals surface area (Å²) in [5, 5.41) is 1.28. The van der Waals surface area contributed by atoms with Crippen molar-refractivity contribution in [2.45, 2.75) is 6.92 Å². The van der Waals surface area contributed by atoms with Crippen LogP contribution in [0, 0.1) is 6.92 Å². The number of pyridine rings is 1. The van der Waals surface area contributed by atoms with E-state index in [1.54, 1.807) is 0 Å². The first-order valence-corrected chi connectivity index (χ1v) is 4.40. The monoisotopic (exact) mass is 170 g/mol. The van der Waals surface area contributed by atoms with E-state index in [-0.39, 0.29) is 0 Å². The maximum Gasteiger partial charge on any atom is 0.0734 e. The highest BCUT2D eigenvalue weighted by atomic mass is 14.9. The molecule has 0 aliphatic carbocycles. The van der Waals surface area contributed by atoms with Crippen molar-refractivity contribution >= 4 is 16.4 Å². The van der Waals surface area contributed by atoms with E-state index in [4.69, 9.17) is 0 Å². The van der Waals surface area contributed by atoms with E-state index in [0.29, 0.717) is 0 Å². The number of aromatic amines is 1. The number of rotatable bonds is 0. The second-order valence-corrected chi connectivity index (χ2v) is 3.36. The van der Waals surface area contributed by atoms with Gasteiger partial charge in [-0.2, -0.15) is 0 Å². The zero-order chi connectivity index (χ0) is 8.84. The first-order chi connectivity index (χ1) is 6.36. The van der Waals surface area contributed by atoms with E-state index >= 15 is 0 Å². The van der Waals surface area contributed by atoms with Crippen molar-refractivity contribution in [3.8, 4) is 0 Å². The number of aromatic nitrogens is 2. The number of nitrogens with zero attached hydrogens (tertiary/aromatic N) is 1. The minimum Gasteiger partial charge on any atom is -0.363 e. The molecule has 0 aliphatic heterocycles. The van der Waals surface area contributed by atoms with Gasteiger partial charge in [0.1, 0.15) is 0 Å². The Balaban J connectivity index is 2.66. The summed E-state index contributed by atoms with van der Waals surface area (Å²) in [7, 11) is 0. The zero-order valence-corrected chi connectivity index (χ0v) is 7.41. The van der Waals surface area contributed by atoms with E-state index in [2.05, 4.69) is 53.0 Å². The Morgan fingerprint density at radius 3 is 3.15 bits per heavy atom. The molecule has 2 heteroatoms. The molecule has 0 saturated heterocycles. The summed E-state index contributed by atoms with van der Waals surface area (Å²) in [5.41, 5.74) is 3.77. The number of hydrogen-bond donors (Lipinski definition) is 1. The molecule has 0 radical (unpaired) electrons. The first kappa shape index (κ1) is 6.78. The van der Waals surface area contributed by atoms with Crippen molar-refractivity contribution in [1.82, 2.24) is 9.38 Å². The van der Waals surface area contributed by atoms with E-state index in [1.807, 2.05) is 0 Å². The molecule has 2 nitrogen and oxygen atoms in total. The topological polar surface area (TPSA) is 20.2 Å². The molecule has 3 aromatic heterocycles. The summed E-state index contributed by atoms with van der Waals surface area (Å²) < 4.78 is 2.21. The van der Waals surface area contributed by atoms with Crippen molar-refractivity contribution in [2.24, 2.45) is 0 Å². The largest absolute Gasteiger partial charge is 0.363 e. The minimum absolute atomic E-state index is 1.22. The number of fused-ring (bicyclic) bond motifs is 3. The van der Waals surface area contributed by atoms with Gasteiger partial charge in [-0.25, -0.2) is 0 Å². The molecule has 3 aromatic rings. The Hall–Kier alpha value is -1.70. The average Bonchev–Trinajstić information content (AvgIpc) is 2.66. The van der Waals surface area contributed by atoms with Gasteiger partial charge in [-0.1, -0.05) is 6.07 Å². The SMILES string of the molecule is Cc1[nH]cc2cc3ccccn3c12. The number of nitrogens with one attached hydrogen (secondary N) is 1. The van der Waals surface area contributed by atoms with Crippen LogP contribution in [0.5, 0.6) is 0 Å². The Labute approximate surface area is 75.8 Å². The maximum absolute atomic E-state index is 3.23. The van der Waals surface area contributed by atoms with Gasteiger partial charge in [-0.15, -0.1) is 0 Å². The Kier molecular flexibility index (Phi) is 1.13. The van der Waals surface area contributed by atoms with E-state index in [1.165, 1.54) is 22.1 Å². The third kappa shape index (κ3) is 0.773. The second-order valence-electron chi connectivity index (χ2n) is 3.36. The van der Waals surface area contributed by atoms with E-state index < -0.39 is 0 Å². The van der Waals surface area contributed by atoms with Gasteiger partial charge < -0.3 is 9.38 Å². The molecule has 3 rings (SSSR count). The molecule has 0 unspecified atom stereocenters. The number of aryl methyl sites for hydroxylation is 1. The van der Waals surface area contributed by atoms with Crippen LogP contribution < -0.4 is 0 Å². The lowest BCUT2D eigenvalue weighted by Gasteiger charge is -1.94. The summed E-state index contributed by atoms with van der Waals surface area (Å²) in [6, 6.07) is 8.43. The van der Waals surface area contributed by atoms with Gasteiger partial charge in [0, 0.05) is 29.0 Å². The van der Waals surface area contributed by atoms with Gasteiger partial charge in [0.15, 0.2) is 0 Å². The van der Waals surface area contributed by atoms with Crippen LogP contribution in [-0.2, 0) is 0 Å². The Morgan fingerprint density at radius 2 is 2.23 bits per heavy atom. The van der Waals surface area contributed by atoms with Crippen LogP contribution in [0.3, 0.4) is 0 Å². The van der Waals surface area contributed by atoms with Crippen molar-refractivity contribution in [1.29, 1.82) is 0 Å². The molecule has 1 N–H and O–H groups in total. The van der Waals surface area contributed by atoms with Crippen LogP contribution in [0.1, 0.15) is 5.69 Å². The van der Waals surface area contributed by atoms with Crippen molar-refractivity contribution in [3.05, 3.63) is 42.4 Å². The summed E-state index contributed by atoms with van der Waals surface area (Å²) in [4.78, 5) is 3.23. The summed E-state index contributed by atoms with van der Waals surface area (Å²) in [5.74, 6) is 0. The fourth-order valence-electron chi connectivity index (χ4n) is 1.91. The van der Waals surface area contributed by atoms with Crippen molar-refractivity contribution < 1.29 is 0 Å². The normalized spacial score (nSPS) is 11.5. The molecular formula is C11H10N2. The predicted octanol–water partition coefficient (Wildman–Crippen LogP) is 2.73. The minimum atomic E-state index is 1.22. The van der Waals surface area contributed by atoms with Gasteiger partial charge in [0.05, 0.1) is 5.52 Å². The Morgan fingerprint density at radius 1 is 1.31 bits per heavy atom. The van der Waals surface area contributed by atoms with Crippen LogP contribution in [0.25, 0.3) is 16.4 Å². The van der Waals surface area contributed by atoms with Gasteiger partial charge in [0.25, 0.3) is 0 Å². The van der Waals surface area contributed by atoms with Gasteiger partial charge >= 0.3 is 0 Å². The van der Waals surface area contributed by atoms with Gasteiger partial charge in [-0.3, -0.25) is 0 Å². The Bertz CT molecular complexity index is 572. The van der Waals surface area contributed by atoms with Gasteiger partial charge in [0.2, 0.25) is 0 Å². The highest BCUT2D eigenvalue weighted by molar-refractivity contribution is 5.89. The molecule has 0 spiro atoms. The molecule has 0 amide bonds. The standard InChI is InChI=1S/C11H10N2/c1-8-11-9(7-12-8)6-10-4-2-3-5-13(10)11/h2-7,12H,1H3. The van der Waals surface area contributed by atoms with Crippen LogP contribution >= 0.6 is 0 Å². The molecule has 0 bridgehead atoms. The lowest BCUT2D eigenvalue weighted by molar-refractivity contribution is 1.20. The smallest absolute Gasteiger partial charge is 0.0734 e. The summed E-state index contributed by atoms with van der Waals surface area (Å²) in [6.45, 7) is 2.10. The highest BCUT2D eigenvalue weighted by Crippen LogP contribution is 2.22. The molecule has 64 valence electrons. The second kappa shape index (κ2) is 2.16. The molecule has 0 saturated carbocycles. The zero-order valence-electron chi connectivity index (χ0n) is 7.41. The summed E-state index contributed by atoms with van der Waals surface area (Å²) in [6.07, 6.45) is 4.15. The third-order valence-corrected chi connectivity index (χ3v) is 2.51. The molecule has 0 atom stereocenters. The van der Waals surface area contributed by atoms with Crippen molar-refractivity contribution in [3.63, 3.8) is 0 Å². The van der Waals surface area contributed by atoms with Crippen LogP contribution in [0.4, 0.5) is 0 Å². The lowest BCUT2D eigenvalue weighted by Crippen LogP contribution is -1.82. The number of H-pyrrole nitrogens is 1. The van der Waals surface area contributed by atoms with Gasteiger partial charge in [-0.05, 0) is 25.1 Å². The third-order valence-electron chi connectivity index (χ3n) is 2.51. The maximum atomic E-state index is 3.23. The van der Waals surface area contributed by atoms with Crippen LogP contribution in [0.15, 0.2) is 36.7 Å². The quantitative estimate of drug-likeness (QED) is 0.535. The molecule has 0 fully saturated rings. The highest BCUT2D eigenvalue weighted by Gasteiger charge is 2.04. The molecule has 0 aromatic carbocycles. The van der Waals surface area contributed by atoms with Crippen LogP contribution in [-0.4, -0.2) is 9.38 Å². The fraction of sp³-hybridized carbons (Fsp3) is 0.0909. The molecule has 0 aliphatic rings. The summed E-state index contributed by atoms with van der Waals surface area (Å²) >= 11 is 0.